The van der Waals surface area contributed by atoms with Gasteiger partial charge in [-0.05, 0) is 23.3 Å². The second kappa shape index (κ2) is 10.7. The number of nitrogens with one attached hydrogen (secondary N) is 2. The van der Waals surface area contributed by atoms with Gasteiger partial charge in [0.15, 0.2) is 0 Å². The molecule has 0 aliphatic heterocycles. The van der Waals surface area contributed by atoms with Crippen molar-refractivity contribution in [1.82, 2.24) is 10.6 Å². The van der Waals surface area contributed by atoms with Crippen LogP contribution < -0.4 is 16.4 Å². The van der Waals surface area contributed by atoms with E-state index >= 15 is 0 Å². The normalized spacial score (nSPS) is 12.4. The molecule has 6 N–H and O–H groups in total. The molecule has 0 radical (unpaired) electrons. The number of phenolic OH excluding ortho intramolecular Hbond substituents is 1. The lowest BCUT2D eigenvalue weighted by molar-refractivity contribution is -0.129. The summed E-state index contributed by atoms with van der Waals surface area (Å²) in [6.45, 7) is -0.700. The van der Waals surface area contributed by atoms with Gasteiger partial charge in [0, 0.05) is 6.42 Å². The minimum Gasteiger partial charge on any atom is -0.508 e. The van der Waals surface area contributed by atoms with Gasteiger partial charge in [0.1, 0.15) is 24.4 Å². The van der Waals surface area contributed by atoms with E-state index in [0.717, 1.165) is 5.56 Å². The second-order valence-electron chi connectivity index (χ2n) is 6.28. The van der Waals surface area contributed by atoms with Gasteiger partial charge in [0.2, 0.25) is 11.8 Å². The monoisotopic (exact) mass is 401 g/mol. The van der Waals surface area contributed by atoms with Crippen molar-refractivity contribution in [2.24, 2.45) is 5.73 Å². The largest absolute Gasteiger partial charge is 0.508 e. The second-order valence-corrected chi connectivity index (χ2v) is 6.28. The van der Waals surface area contributed by atoms with Crippen LogP contribution in [0, 0.1) is 0 Å². The summed E-state index contributed by atoms with van der Waals surface area (Å²) in [5, 5.41) is 23.4. The third-order valence-electron chi connectivity index (χ3n) is 4.04. The molecule has 0 fully saturated rings. The third kappa shape index (κ3) is 7.15. The zero-order valence-corrected chi connectivity index (χ0v) is 15.6. The average Bonchev–Trinajstić information content (AvgIpc) is 2.72. The number of hydrogen-bond donors (Lipinski definition) is 5. The van der Waals surface area contributed by atoms with Gasteiger partial charge in [-0.1, -0.05) is 42.5 Å². The number of nitrogens with two attached hydrogens (primary N) is 1. The molecule has 2 rings (SSSR count). The van der Waals surface area contributed by atoms with Gasteiger partial charge in [-0.25, -0.2) is 4.79 Å². The van der Waals surface area contributed by atoms with Crippen molar-refractivity contribution in [2.45, 2.75) is 25.1 Å². The van der Waals surface area contributed by atoms with Crippen LogP contribution in [0.5, 0.6) is 5.75 Å². The SMILES string of the molecule is NC(=O)[C@H](Cc1ccc(O)cc1)NC(=O)[C@@H](CO)NC(=O)OCc1ccccc1. The van der Waals surface area contributed by atoms with Crippen LogP contribution in [0.3, 0.4) is 0 Å². The van der Waals surface area contributed by atoms with Crippen molar-refractivity contribution in [2.75, 3.05) is 6.61 Å². The molecule has 0 aliphatic rings. The number of amides is 3. The van der Waals surface area contributed by atoms with Crippen LogP contribution in [-0.2, 0) is 27.4 Å². The Labute approximate surface area is 167 Å². The fraction of sp³-hybridized carbons (Fsp3) is 0.250. The van der Waals surface area contributed by atoms with Gasteiger partial charge in [0.05, 0.1) is 6.61 Å². The molecule has 29 heavy (non-hydrogen) atoms. The van der Waals surface area contributed by atoms with E-state index in [2.05, 4.69) is 10.6 Å². The lowest BCUT2D eigenvalue weighted by atomic mass is 10.0. The molecule has 0 aliphatic carbocycles. The van der Waals surface area contributed by atoms with E-state index in [9.17, 15) is 24.6 Å². The number of primary amides is 1. The molecular formula is C20H23N3O6. The van der Waals surface area contributed by atoms with Crippen LogP contribution in [0.1, 0.15) is 11.1 Å². The van der Waals surface area contributed by atoms with Crippen LogP contribution in [-0.4, -0.2) is 46.8 Å². The number of phenols is 1. The van der Waals surface area contributed by atoms with E-state index in [1.807, 2.05) is 6.07 Å². The zero-order valence-electron chi connectivity index (χ0n) is 15.6. The number of aliphatic hydroxyl groups is 1. The van der Waals surface area contributed by atoms with Gasteiger partial charge < -0.3 is 31.3 Å². The Hall–Kier alpha value is -3.59. The summed E-state index contributed by atoms with van der Waals surface area (Å²) >= 11 is 0. The molecule has 0 spiro atoms. The molecule has 154 valence electrons. The number of aromatic hydroxyl groups is 1. The number of aliphatic hydroxyl groups excluding tert-OH is 1. The highest BCUT2D eigenvalue weighted by atomic mass is 16.5. The smallest absolute Gasteiger partial charge is 0.408 e. The minimum absolute atomic E-state index is 0.00277. The molecule has 0 unspecified atom stereocenters. The van der Waals surface area contributed by atoms with E-state index in [0.29, 0.717) is 5.56 Å². The van der Waals surface area contributed by atoms with Crippen LogP contribution in [0.25, 0.3) is 0 Å². The maximum Gasteiger partial charge on any atom is 0.408 e. The molecular weight excluding hydrogens is 378 g/mol. The fourth-order valence-electron chi connectivity index (χ4n) is 2.46. The summed E-state index contributed by atoms with van der Waals surface area (Å²) in [4.78, 5) is 35.9. The maximum absolute atomic E-state index is 12.4. The Morgan fingerprint density at radius 2 is 1.59 bits per heavy atom. The van der Waals surface area contributed by atoms with Crippen LogP contribution >= 0.6 is 0 Å². The summed E-state index contributed by atoms with van der Waals surface area (Å²) < 4.78 is 5.01. The van der Waals surface area contributed by atoms with E-state index in [1.54, 1.807) is 36.4 Å². The molecule has 2 atom stereocenters. The van der Waals surface area contributed by atoms with E-state index in [1.165, 1.54) is 12.1 Å². The summed E-state index contributed by atoms with van der Waals surface area (Å²) in [6, 6.07) is 12.6. The number of rotatable bonds is 9. The van der Waals surface area contributed by atoms with Crippen LogP contribution in [0.15, 0.2) is 54.6 Å². The quantitative estimate of drug-likeness (QED) is 0.405. The zero-order chi connectivity index (χ0) is 21.2. The van der Waals surface area contributed by atoms with Crippen molar-refractivity contribution in [1.29, 1.82) is 0 Å². The summed E-state index contributed by atoms with van der Waals surface area (Å²) in [5.74, 6) is -1.51. The average molecular weight is 401 g/mol. The summed E-state index contributed by atoms with van der Waals surface area (Å²) in [7, 11) is 0. The van der Waals surface area contributed by atoms with Crippen LogP contribution in [0.4, 0.5) is 4.79 Å². The fourth-order valence-corrected chi connectivity index (χ4v) is 2.46. The topological polar surface area (TPSA) is 151 Å². The lowest BCUT2D eigenvalue weighted by Crippen LogP contribution is -2.54. The van der Waals surface area contributed by atoms with Crippen molar-refractivity contribution in [3.05, 3.63) is 65.7 Å². The molecule has 9 heteroatoms. The van der Waals surface area contributed by atoms with Crippen molar-refractivity contribution in [3.63, 3.8) is 0 Å². The first-order chi connectivity index (χ1) is 13.9. The highest BCUT2D eigenvalue weighted by Crippen LogP contribution is 2.11. The number of alkyl carbamates (subject to hydrolysis) is 1. The van der Waals surface area contributed by atoms with Crippen molar-refractivity contribution >= 4 is 17.9 Å². The molecule has 2 aromatic carbocycles. The van der Waals surface area contributed by atoms with E-state index < -0.39 is 36.6 Å². The Morgan fingerprint density at radius 1 is 0.931 bits per heavy atom. The van der Waals surface area contributed by atoms with Crippen molar-refractivity contribution < 1.29 is 29.3 Å². The summed E-state index contributed by atoms with van der Waals surface area (Å²) in [6.07, 6.45) is -0.810. The molecule has 0 saturated heterocycles. The number of hydrogen-bond acceptors (Lipinski definition) is 6. The molecule has 0 heterocycles. The first kappa shape index (κ1) is 21.7. The first-order valence-corrected chi connectivity index (χ1v) is 8.84. The standard InChI is InChI=1S/C20H23N3O6/c21-18(26)16(10-13-6-8-15(25)9-7-13)22-19(27)17(11-24)23-20(28)29-12-14-4-2-1-3-5-14/h1-9,16-17,24-25H,10-12H2,(H2,21,26)(H,22,27)(H,23,28)/t16-,17+/m0/s1. The Bertz CT molecular complexity index is 826. The van der Waals surface area contributed by atoms with Gasteiger partial charge in [-0.2, -0.15) is 0 Å². The van der Waals surface area contributed by atoms with Gasteiger partial charge >= 0.3 is 6.09 Å². The Kier molecular flexibility index (Phi) is 7.99. The van der Waals surface area contributed by atoms with E-state index in [-0.39, 0.29) is 18.8 Å². The molecule has 0 saturated carbocycles. The van der Waals surface area contributed by atoms with Crippen LogP contribution in [0.2, 0.25) is 0 Å². The highest BCUT2D eigenvalue weighted by Gasteiger charge is 2.25. The molecule has 0 bridgehead atoms. The summed E-state index contributed by atoms with van der Waals surface area (Å²) in [5.41, 5.74) is 6.75. The molecule has 3 amide bonds. The lowest BCUT2D eigenvalue weighted by Gasteiger charge is -2.20. The highest BCUT2D eigenvalue weighted by molar-refractivity contribution is 5.91. The van der Waals surface area contributed by atoms with Gasteiger partial charge in [-0.15, -0.1) is 0 Å². The first-order valence-electron chi connectivity index (χ1n) is 8.84. The Balaban J connectivity index is 1.91. The van der Waals surface area contributed by atoms with Gasteiger partial charge in [0.25, 0.3) is 0 Å². The van der Waals surface area contributed by atoms with E-state index in [4.69, 9.17) is 10.5 Å². The predicted octanol–water partition coefficient (Wildman–Crippen LogP) is 0.192. The predicted molar refractivity (Wildman–Crippen MR) is 104 cm³/mol. The number of ether oxygens (including phenoxy) is 1. The Morgan fingerprint density at radius 3 is 2.17 bits per heavy atom. The number of carbonyl (C=O) groups is 3. The number of benzene rings is 2. The van der Waals surface area contributed by atoms with Gasteiger partial charge in [-0.3, -0.25) is 9.59 Å². The number of carbonyl (C=O) groups excluding carboxylic acids is 3. The minimum atomic E-state index is -1.32. The third-order valence-corrected chi connectivity index (χ3v) is 4.04. The maximum atomic E-state index is 12.4. The molecule has 9 nitrogen and oxygen atoms in total. The van der Waals surface area contributed by atoms with Crippen molar-refractivity contribution in [3.8, 4) is 5.75 Å². The molecule has 2 aromatic rings. The molecule has 0 aromatic heterocycles.